The van der Waals surface area contributed by atoms with Gasteiger partial charge in [0.2, 0.25) is 0 Å². The number of rotatable bonds is 5. The van der Waals surface area contributed by atoms with Crippen molar-refractivity contribution in [3.05, 3.63) is 58.6 Å². The summed E-state index contributed by atoms with van der Waals surface area (Å²) in [7, 11) is 0. The van der Waals surface area contributed by atoms with Gasteiger partial charge in [-0.25, -0.2) is 0 Å². The van der Waals surface area contributed by atoms with E-state index in [1.165, 1.54) is 0 Å². The Bertz CT molecular complexity index is 817. The number of carbonyl (C=O) groups is 1. The zero-order chi connectivity index (χ0) is 19.6. The van der Waals surface area contributed by atoms with Gasteiger partial charge in [-0.15, -0.1) is 0 Å². The fraction of sp³-hybridized carbons (Fsp3) is 0.409. The third kappa shape index (κ3) is 4.75. The van der Waals surface area contributed by atoms with Crippen molar-refractivity contribution in [2.45, 2.75) is 58.3 Å². The molecule has 5 heteroatoms. The first kappa shape index (κ1) is 19.6. The normalized spacial score (nSPS) is 18.8. The number of carbonyl (C=O) groups excluding carboxylic acids is 1. The summed E-state index contributed by atoms with van der Waals surface area (Å²) in [5.74, 6) is 1.33. The number of hydrogen-bond donors (Lipinski definition) is 1. The highest BCUT2D eigenvalue weighted by Crippen LogP contribution is 2.40. The van der Waals surface area contributed by atoms with Crippen molar-refractivity contribution < 1.29 is 14.3 Å². The highest BCUT2D eigenvalue weighted by Gasteiger charge is 2.35. The Morgan fingerprint density at radius 3 is 2.67 bits per heavy atom. The van der Waals surface area contributed by atoms with Gasteiger partial charge in [0.25, 0.3) is 5.91 Å². The third-order valence-corrected chi connectivity index (χ3v) is 4.95. The van der Waals surface area contributed by atoms with Crippen LogP contribution in [0.25, 0.3) is 0 Å². The number of benzene rings is 2. The van der Waals surface area contributed by atoms with Crippen LogP contribution in [0.1, 0.15) is 50.8 Å². The Morgan fingerprint density at radius 1 is 1.30 bits per heavy atom. The first-order valence-corrected chi connectivity index (χ1v) is 9.67. The summed E-state index contributed by atoms with van der Waals surface area (Å²) < 4.78 is 12.0. The zero-order valence-corrected chi connectivity index (χ0v) is 17.0. The third-order valence-electron chi connectivity index (χ3n) is 4.69. The van der Waals surface area contributed by atoms with Crippen molar-refractivity contribution in [2.75, 3.05) is 0 Å². The standard InChI is InChI=1S/C22H26ClNO3/c1-5-19(26-16-9-7-15(23)8-10-16)21(25)24-18-13-22(3,4)27-20-11-6-14(2)12-17(18)20/h6-12,18-19H,5,13H2,1-4H3,(H,24,25)/t18-,19-/m0/s1. The summed E-state index contributed by atoms with van der Waals surface area (Å²) in [6.45, 7) is 8.05. The Morgan fingerprint density at radius 2 is 2.00 bits per heavy atom. The van der Waals surface area contributed by atoms with E-state index < -0.39 is 6.10 Å². The summed E-state index contributed by atoms with van der Waals surface area (Å²) in [6.07, 6.45) is 0.708. The van der Waals surface area contributed by atoms with Crippen LogP contribution < -0.4 is 14.8 Å². The fourth-order valence-corrected chi connectivity index (χ4v) is 3.49. The van der Waals surface area contributed by atoms with E-state index in [1.54, 1.807) is 24.3 Å². The fourth-order valence-electron chi connectivity index (χ4n) is 3.37. The van der Waals surface area contributed by atoms with Gasteiger partial charge >= 0.3 is 0 Å². The van der Waals surface area contributed by atoms with Crippen LogP contribution in [0.3, 0.4) is 0 Å². The molecular weight excluding hydrogens is 362 g/mol. The van der Waals surface area contributed by atoms with Crippen molar-refractivity contribution >= 4 is 17.5 Å². The Labute approximate surface area is 165 Å². The van der Waals surface area contributed by atoms with Gasteiger partial charge in [-0.1, -0.05) is 36.2 Å². The minimum Gasteiger partial charge on any atom is -0.487 e. The SMILES string of the molecule is CC[C@H](Oc1ccc(Cl)cc1)C(=O)N[C@H]1CC(C)(C)Oc2ccc(C)cc21. The minimum atomic E-state index is -0.564. The molecule has 144 valence electrons. The smallest absolute Gasteiger partial charge is 0.261 e. The van der Waals surface area contributed by atoms with Crippen LogP contribution in [-0.4, -0.2) is 17.6 Å². The molecule has 2 aromatic carbocycles. The molecule has 3 rings (SSSR count). The summed E-state index contributed by atoms with van der Waals surface area (Å²) in [4.78, 5) is 12.9. The van der Waals surface area contributed by atoms with E-state index in [4.69, 9.17) is 21.1 Å². The van der Waals surface area contributed by atoms with E-state index in [0.29, 0.717) is 23.6 Å². The predicted octanol–water partition coefficient (Wildman–Crippen LogP) is 5.22. The molecule has 2 aromatic rings. The van der Waals surface area contributed by atoms with Crippen LogP contribution in [0, 0.1) is 6.92 Å². The van der Waals surface area contributed by atoms with Gasteiger partial charge in [-0.2, -0.15) is 0 Å². The van der Waals surface area contributed by atoms with Crippen LogP contribution in [0.4, 0.5) is 0 Å². The summed E-state index contributed by atoms with van der Waals surface area (Å²) in [5, 5.41) is 3.81. The molecule has 0 spiro atoms. The van der Waals surface area contributed by atoms with E-state index in [-0.39, 0.29) is 17.6 Å². The van der Waals surface area contributed by atoms with Crippen molar-refractivity contribution in [1.82, 2.24) is 5.32 Å². The first-order chi connectivity index (χ1) is 12.8. The number of halogens is 1. The van der Waals surface area contributed by atoms with E-state index in [0.717, 1.165) is 16.9 Å². The van der Waals surface area contributed by atoms with Crippen molar-refractivity contribution in [3.8, 4) is 11.5 Å². The van der Waals surface area contributed by atoms with Crippen molar-refractivity contribution in [2.24, 2.45) is 0 Å². The maximum atomic E-state index is 12.9. The summed E-state index contributed by atoms with van der Waals surface area (Å²) in [5.41, 5.74) is 1.81. The van der Waals surface area contributed by atoms with Gasteiger partial charge in [0, 0.05) is 17.0 Å². The molecule has 4 nitrogen and oxygen atoms in total. The molecule has 1 N–H and O–H groups in total. The molecule has 1 amide bonds. The van der Waals surface area contributed by atoms with E-state index >= 15 is 0 Å². The molecule has 1 aliphatic heterocycles. The average Bonchev–Trinajstić information content (AvgIpc) is 2.61. The summed E-state index contributed by atoms with van der Waals surface area (Å²) in [6, 6.07) is 13.0. The van der Waals surface area contributed by atoms with Crippen molar-refractivity contribution in [3.63, 3.8) is 0 Å². The first-order valence-electron chi connectivity index (χ1n) is 9.29. The Hall–Kier alpha value is -2.20. The van der Waals surface area contributed by atoms with Gasteiger partial charge < -0.3 is 14.8 Å². The topological polar surface area (TPSA) is 47.6 Å². The van der Waals surface area contributed by atoms with Gasteiger partial charge in [-0.05, 0) is 57.5 Å². The molecule has 0 saturated carbocycles. The number of ether oxygens (including phenoxy) is 2. The van der Waals surface area contributed by atoms with Gasteiger partial charge in [0.15, 0.2) is 6.10 Å². The number of hydrogen-bond acceptors (Lipinski definition) is 3. The molecule has 2 atom stereocenters. The summed E-state index contributed by atoms with van der Waals surface area (Å²) >= 11 is 5.91. The number of nitrogens with one attached hydrogen (secondary N) is 1. The lowest BCUT2D eigenvalue weighted by Crippen LogP contribution is -2.45. The molecule has 0 radical (unpaired) electrons. The van der Waals surface area contributed by atoms with E-state index in [2.05, 4.69) is 11.4 Å². The Balaban J connectivity index is 1.77. The molecule has 0 saturated heterocycles. The molecule has 0 bridgehead atoms. The monoisotopic (exact) mass is 387 g/mol. The molecule has 1 heterocycles. The second-order valence-electron chi connectivity index (χ2n) is 7.64. The van der Waals surface area contributed by atoms with E-state index in [1.807, 2.05) is 39.8 Å². The highest BCUT2D eigenvalue weighted by molar-refractivity contribution is 6.30. The molecule has 27 heavy (non-hydrogen) atoms. The quantitative estimate of drug-likeness (QED) is 0.764. The lowest BCUT2D eigenvalue weighted by Gasteiger charge is -2.38. The lowest BCUT2D eigenvalue weighted by atomic mass is 9.88. The maximum Gasteiger partial charge on any atom is 0.261 e. The van der Waals surface area contributed by atoms with Crippen LogP contribution in [0.5, 0.6) is 11.5 Å². The molecular formula is C22H26ClNO3. The predicted molar refractivity (Wildman–Crippen MR) is 108 cm³/mol. The van der Waals surface area contributed by atoms with Crippen LogP contribution in [-0.2, 0) is 4.79 Å². The Kier molecular flexibility index (Phi) is 5.66. The van der Waals surface area contributed by atoms with Gasteiger partial charge in [0.1, 0.15) is 17.1 Å². The molecule has 0 aromatic heterocycles. The van der Waals surface area contributed by atoms with Gasteiger partial charge in [0.05, 0.1) is 6.04 Å². The largest absolute Gasteiger partial charge is 0.487 e. The van der Waals surface area contributed by atoms with Crippen molar-refractivity contribution in [1.29, 1.82) is 0 Å². The van der Waals surface area contributed by atoms with Crippen LogP contribution in [0.2, 0.25) is 5.02 Å². The molecule has 0 aliphatic carbocycles. The minimum absolute atomic E-state index is 0.112. The average molecular weight is 388 g/mol. The molecule has 1 aliphatic rings. The molecule has 0 fully saturated rings. The van der Waals surface area contributed by atoms with E-state index in [9.17, 15) is 4.79 Å². The van der Waals surface area contributed by atoms with Gasteiger partial charge in [-0.3, -0.25) is 4.79 Å². The second kappa shape index (κ2) is 7.81. The highest BCUT2D eigenvalue weighted by atomic mass is 35.5. The molecule has 0 unspecified atom stereocenters. The second-order valence-corrected chi connectivity index (χ2v) is 8.07. The lowest BCUT2D eigenvalue weighted by molar-refractivity contribution is -0.129. The van der Waals surface area contributed by atoms with Crippen LogP contribution in [0.15, 0.2) is 42.5 Å². The number of amides is 1. The maximum absolute atomic E-state index is 12.9. The van der Waals surface area contributed by atoms with Crippen LogP contribution >= 0.6 is 11.6 Å². The number of fused-ring (bicyclic) bond motifs is 1. The zero-order valence-electron chi connectivity index (χ0n) is 16.2. The number of aryl methyl sites for hydroxylation is 1.